The average molecular weight is 1510 g/mol. The van der Waals surface area contributed by atoms with Crippen LogP contribution in [0.3, 0.4) is 0 Å². The van der Waals surface area contributed by atoms with Gasteiger partial charge in [-0.2, -0.15) is 10.2 Å². The first-order valence-electron chi connectivity index (χ1n) is 37.1. The number of ether oxygens (including phenoxy) is 4. The summed E-state index contributed by atoms with van der Waals surface area (Å²) in [4.78, 5) is 96.7. The molecule has 113 heavy (non-hydrogen) atoms. The van der Waals surface area contributed by atoms with Gasteiger partial charge in [0.25, 0.3) is 34.4 Å². The van der Waals surface area contributed by atoms with E-state index in [1.54, 1.807) is 82.0 Å². The number of para-hydroxylation sites is 4. The van der Waals surface area contributed by atoms with E-state index in [2.05, 4.69) is 60.1 Å². The number of hydrogen-bond donors (Lipinski definition) is 4. The number of aliphatic hydroxyl groups is 1. The largest absolute Gasteiger partial charge is 0.493 e. The molecule has 6 aromatic heterocycles. The lowest BCUT2D eigenvalue weighted by molar-refractivity contribution is 0.101. The van der Waals surface area contributed by atoms with Crippen molar-refractivity contribution in [2.45, 2.75) is 57.7 Å². The Balaban J connectivity index is 0.000000128. The van der Waals surface area contributed by atoms with Gasteiger partial charge < -0.3 is 47.6 Å². The number of fused-ring (bicyclic) bond motifs is 27. The third-order valence-electron chi connectivity index (χ3n) is 20.2. The van der Waals surface area contributed by atoms with E-state index in [4.69, 9.17) is 39.1 Å². The van der Waals surface area contributed by atoms with Crippen molar-refractivity contribution >= 4 is 74.4 Å². The molecule has 14 aromatic rings. The molecule has 16 bridgehead atoms. The monoisotopic (exact) mass is 1510 g/mol. The second kappa shape index (κ2) is 32.1. The van der Waals surface area contributed by atoms with Gasteiger partial charge >= 0.3 is 0 Å². The van der Waals surface area contributed by atoms with Crippen molar-refractivity contribution in [3.63, 3.8) is 0 Å². The Morgan fingerprint density at radius 2 is 1.01 bits per heavy atom. The van der Waals surface area contributed by atoms with Crippen LogP contribution in [-0.2, 0) is 37.5 Å². The highest BCUT2D eigenvalue weighted by atomic mass is 16.5. The molecule has 0 aliphatic carbocycles. The number of carbonyl (C=O) groups is 3. The summed E-state index contributed by atoms with van der Waals surface area (Å²) < 4.78 is 32.2. The number of morpholine rings is 1. The Morgan fingerprint density at radius 3 is 1.65 bits per heavy atom. The fraction of sp³-hybridized carbons (Fsp3) is 0.224. The topological polar surface area (TPSA) is 309 Å². The summed E-state index contributed by atoms with van der Waals surface area (Å²) >= 11 is 0. The van der Waals surface area contributed by atoms with Crippen LogP contribution in [0.4, 0.5) is 23.5 Å². The maximum atomic E-state index is 13.5. The van der Waals surface area contributed by atoms with E-state index in [9.17, 15) is 33.9 Å². The Bertz CT molecular complexity index is 6170. The number of anilines is 4. The summed E-state index contributed by atoms with van der Waals surface area (Å²) in [7, 11) is 7.07. The van der Waals surface area contributed by atoms with Gasteiger partial charge in [0.05, 0.1) is 123 Å². The second-order valence-corrected chi connectivity index (χ2v) is 28.1. The Morgan fingerprint density at radius 1 is 0.478 bits per heavy atom. The summed E-state index contributed by atoms with van der Waals surface area (Å²) in [6.07, 6.45) is 0.109. The minimum Gasteiger partial charge on any atom is -0.493 e. The number of rotatable bonds is 6. The summed E-state index contributed by atoms with van der Waals surface area (Å²) in [5.41, 5.74) is 14.2. The first-order chi connectivity index (χ1) is 55.0. The molecule has 570 valence electrons. The normalized spacial score (nSPS) is 15.5. The highest BCUT2D eigenvalue weighted by Gasteiger charge is 2.27. The minimum atomic E-state index is -0.826. The molecule has 1 fully saturated rings. The quantitative estimate of drug-likeness (QED) is 0.120. The van der Waals surface area contributed by atoms with Crippen molar-refractivity contribution in [2.24, 2.45) is 0 Å². The molecule has 2 atom stereocenters. The number of aromatic nitrogens is 12. The van der Waals surface area contributed by atoms with Crippen LogP contribution < -0.4 is 51.7 Å². The maximum Gasteiger partial charge on any atom is 0.267 e. The van der Waals surface area contributed by atoms with Crippen LogP contribution in [0.5, 0.6) is 17.4 Å². The SMILES string of the molecule is CN(C)CCC1c2cccc(c2)C(=O)Nc2nc3ccccc3n2Cc2cccc(c2)-c2ccc(=O)n1n2.COc1cc2nc3n(c2cc1OC)CC(O)CCOc1ccc(=O)n(n1)Cc1cccc(c1)C(=O)N3.O=C1Nc2nc3ccccc3n2Cc2cc(ccc2N2CCOCC2)-c2ccc(=O)n(n2)Cc2cccc1c2. The van der Waals surface area contributed by atoms with E-state index in [-0.39, 0.29) is 84.9 Å². The predicted molar refractivity (Wildman–Crippen MR) is 429 cm³/mol. The molecule has 0 radical (unpaired) electrons. The van der Waals surface area contributed by atoms with Crippen molar-refractivity contribution in [3.8, 4) is 39.9 Å². The number of carbonyl (C=O) groups excluding carboxylic acids is 3. The minimum absolute atomic E-state index is 0.137. The van der Waals surface area contributed by atoms with Gasteiger partial charge in [0.1, 0.15) is 0 Å². The number of benzene rings is 8. The van der Waals surface area contributed by atoms with E-state index in [0.29, 0.717) is 89.5 Å². The lowest BCUT2D eigenvalue weighted by Crippen LogP contribution is -2.37. The number of nitrogens with one attached hydrogen (secondary N) is 3. The molecule has 28 nitrogen and oxygen atoms in total. The van der Waals surface area contributed by atoms with Gasteiger partial charge in [0.2, 0.25) is 23.7 Å². The van der Waals surface area contributed by atoms with Gasteiger partial charge in [-0.25, -0.2) is 29.0 Å². The van der Waals surface area contributed by atoms with Crippen molar-refractivity contribution in [1.29, 1.82) is 0 Å². The lowest BCUT2D eigenvalue weighted by atomic mass is 10.0. The zero-order valence-corrected chi connectivity index (χ0v) is 62.3. The molecule has 4 aliphatic rings. The molecule has 10 heterocycles. The highest BCUT2D eigenvalue weighted by molar-refractivity contribution is 6.06. The second-order valence-electron chi connectivity index (χ2n) is 28.1. The van der Waals surface area contributed by atoms with Crippen molar-refractivity contribution in [3.05, 3.63) is 288 Å². The molecule has 0 spiro atoms. The molecule has 4 aliphatic heterocycles. The lowest BCUT2D eigenvalue weighted by Gasteiger charge is -2.31. The standard InChI is InChI=1S/C30H26N6O3.C30H28N6O2.C25H25N5O6/c37-28-11-9-24-21-8-10-26(34-12-14-39-15-13-34)23(17-21)19-35-27-7-2-1-6-25(27)31-30(35)32-29(38)22-5-3-4-20(16-22)18-36(28)33-24;1-34(2)16-15-26-22-9-6-10-23(18-22)29(38)32-30-31-25-11-3-4-12-27(25)35(30)19-20-7-5-8-21(17-20)24-13-14-28(37)36(26)33-24;1-34-20-11-18-19(12-21(20)35-2)29-14-17(31)8-9-36-22-6-7-23(32)30(28-22)13-15-4-3-5-16(10-15)24(33)27-25(29)26-18/h1-11,16-17H,12-15,18-19H2,(H,31,32,38);3-14,17-18,26H,15-16,19H2,1-2H3,(H,31,32,38);3-7,10-12,17,31H,8-9,13-14H2,1-2H3,(H,26,27,33). The van der Waals surface area contributed by atoms with Crippen LogP contribution in [-0.4, -0.2) is 160 Å². The van der Waals surface area contributed by atoms with Gasteiger partial charge in [-0.05, 0) is 146 Å². The molecule has 1 saturated heterocycles. The predicted octanol–water partition coefficient (Wildman–Crippen LogP) is 10.2. The van der Waals surface area contributed by atoms with Gasteiger partial charge in [0.15, 0.2) is 11.5 Å². The van der Waals surface area contributed by atoms with Crippen LogP contribution in [0.15, 0.2) is 227 Å². The van der Waals surface area contributed by atoms with E-state index in [1.165, 1.54) is 35.7 Å². The van der Waals surface area contributed by atoms with Crippen LogP contribution in [0.25, 0.3) is 55.6 Å². The molecule has 8 aromatic carbocycles. The summed E-state index contributed by atoms with van der Waals surface area (Å²) in [6.45, 7) is 5.39. The number of aliphatic hydroxyl groups excluding tert-OH is 1. The van der Waals surface area contributed by atoms with Crippen molar-refractivity contribution < 1.29 is 38.4 Å². The zero-order valence-electron chi connectivity index (χ0n) is 62.3. The van der Waals surface area contributed by atoms with E-state index < -0.39 is 6.10 Å². The fourth-order valence-corrected chi connectivity index (χ4v) is 14.5. The van der Waals surface area contributed by atoms with Crippen molar-refractivity contribution in [2.75, 3.05) is 88.6 Å². The van der Waals surface area contributed by atoms with Crippen LogP contribution >= 0.6 is 0 Å². The van der Waals surface area contributed by atoms with Crippen molar-refractivity contribution in [1.82, 2.24) is 62.9 Å². The third kappa shape index (κ3) is 15.9. The fourth-order valence-electron chi connectivity index (χ4n) is 14.5. The Labute approximate surface area is 646 Å². The smallest absolute Gasteiger partial charge is 0.267 e. The molecular formula is C85H79N17O11. The molecule has 2 unspecified atom stereocenters. The Hall–Kier alpha value is -13.7. The summed E-state index contributed by atoms with van der Waals surface area (Å²) in [5.74, 6) is 1.60. The molecular weight excluding hydrogens is 1440 g/mol. The number of methoxy groups -OCH3 is 2. The third-order valence-corrected chi connectivity index (χ3v) is 20.2. The first kappa shape index (κ1) is 73.4. The van der Waals surface area contributed by atoms with Crippen LogP contribution in [0.1, 0.15) is 77.8 Å². The molecule has 0 saturated carbocycles. The molecule has 3 amide bonds. The van der Waals surface area contributed by atoms with Gasteiger partial charge in [-0.3, -0.25) is 44.7 Å². The average Bonchev–Trinajstić information content (AvgIpc) is 1.63. The zero-order chi connectivity index (χ0) is 77.8. The van der Waals surface area contributed by atoms with Gasteiger partial charge in [0, 0.05) is 89.4 Å². The number of imidazole rings is 3. The number of hydrogen-bond acceptors (Lipinski definition) is 19. The van der Waals surface area contributed by atoms with E-state index >= 15 is 0 Å². The van der Waals surface area contributed by atoms with E-state index in [0.717, 1.165) is 92.0 Å². The first-order valence-corrected chi connectivity index (χ1v) is 37.1. The number of nitrogens with zero attached hydrogens (tertiary/aromatic N) is 14. The summed E-state index contributed by atoms with van der Waals surface area (Å²) in [5, 5.41) is 33.5. The van der Waals surface area contributed by atoms with E-state index in [1.807, 2.05) is 126 Å². The molecule has 4 N–H and O–H groups in total. The van der Waals surface area contributed by atoms with Crippen LogP contribution in [0, 0.1) is 0 Å². The highest BCUT2D eigenvalue weighted by Crippen LogP contribution is 2.36. The van der Waals surface area contributed by atoms with Crippen LogP contribution in [0.2, 0.25) is 0 Å². The Kier molecular flexibility index (Phi) is 20.9. The summed E-state index contributed by atoms with van der Waals surface area (Å²) in [6, 6.07) is 64.4. The van der Waals surface area contributed by atoms with Gasteiger partial charge in [-0.1, -0.05) is 84.9 Å². The molecule has 18 rings (SSSR count). The van der Waals surface area contributed by atoms with Gasteiger partial charge in [-0.15, -0.1) is 5.10 Å². The maximum absolute atomic E-state index is 13.5. The number of amides is 3. The molecule has 28 heteroatoms.